The molecule has 28 heavy (non-hydrogen) atoms. The van der Waals surface area contributed by atoms with Crippen molar-refractivity contribution in [2.45, 2.75) is 46.7 Å². The van der Waals surface area contributed by atoms with Crippen LogP contribution in [-0.4, -0.2) is 48.3 Å². The first-order valence-corrected chi connectivity index (χ1v) is 10.1. The van der Waals surface area contributed by atoms with Gasteiger partial charge in [-0.05, 0) is 19.8 Å². The van der Waals surface area contributed by atoms with Gasteiger partial charge < -0.3 is 19.1 Å². The van der Waals surface area contributed by atoms with Gasteiger partial charge >= 0.3 is 0 Å². The highest BCUT2D eigenvalue weighted by molar-refractivity contribution is 5.78. The fourth-order valence-electron chi connectivity index (χ4n) is 3.48. The summed E-state index contributed by atoms with van der Waals surface area (Å²) in [6, 6.07) is 10.1. The highest BCUT2D eigenvalue weighted by atomic mass is 16.5. The fraction of sp³-hybridized carbons (Fsp3) is 0.545. The number of ether oxygens (including phenoxy) is 1. The SMILES string of the molecule is CC(C)CC(=O)N(Cc1c(-c2ccccc2)noc1N1CCOCC1)C(C)C. The van der Waals surface area contributed by atoms with E-state index in [1.165, 1.54) is 0 Å². The van der Waals surface area contributed by atoms with Gasteiger partial charge in [0.1, 0.15) is 5.69 Å². The average Bonchev–Trinajstić information content (AvgIpc) is 3.10. The molecule has 0 aliphatic carbocycles. The van der Waals surface area contributed by atoms with Crippen LogP contribution >= 0.6 is 0 Å². The van der Waals surface area contributed by atoms with E-state index in [2.05, 4.69) is 37.8 Å². The zero-order valence-corrected chi connectivity index (χ0v) is 17.4. The minimum absolute atomic E-state index is 0.0994. The molecule has 0 saturated carbocycles. The molecule has 0 radical (unpaired) electrons. The van der Waals surface area contributed by atoms with Crippen molar-refractivity contribution < 1.29 is 14.1 Å². The first-order chi connectivity index (χ1) is 13.5. The molecule has 1 aromatic heterocycles. The van der Waals surface area contributed by atoms with Gasteiger partial charge in [-0.2, -0.15) is 0 Å². The lowest BCUT2D eigenvalue weighted by molar-refractivity contribution is -0.134. The van der Waals surface area contributed by atoms with E-state index in [9.17, 15) is 4.79 Å². The summed E-state index contributed by atoms with van der Waals surface area (Å²) in [5, 5.41) is 4.40. The van der Waals surface area contributed by atoms with Gasteiger partial charge in [-0.1, -0.05) is 49.3 Å². The predicted molar refractivity (Wildman–Crippen MR) is 110 cm³/mol. The second-order valence-corrected chi connectivity index (χ2v) is 7.99. The van der Waals surface area contributed by atoms with E-state index in [1.54, 1.807) is 0 Å². The summed E-state index contributed by atoms with van der Waals surface area (Å²) in [4.78, 5) is 17.0. The van der Waals surface area contributed by atoms with E-state index in [-0.39, 0.29) is 11.9 Å². The van der Waals surface area contributed by atoms with Crippen LogP contribution in [0.1, 0.15) is 39.7 Å². The van der Waals surface area contributed by atoms with Gasteiger partial charge in [0.2, 0.25) is 11.8 Å². The molecule has 2 aromatic rings. The van der Waals surface area contributed by atoms with Crippen molar-refractivity contribution in [1.29, 1.82) is 0 Å². The number of carbonyl (C=O) groups is 1. The summed E-state index contributed by atoms with van der Waals surface area (Å²) < 4.78 is 11.3. The molecular formula is C22H31N3O3. The molecule has 6 heteroatoms. The molecule has 2 heterocycles. The molecule has 1 aromatic carbocycles. The number of aromatic nitrogens is 1. The fourth-order valence-corrected chi connectivity index (χ4v) is 3.48. The van der Waals surface area contributed by atoms with Crippen LogP contribution in [-0.2, 0) is 16.1 Å². The Labute approximate surface area is 167 Å². The van der Waals surface area contributed by atoms with Crippen LogP contribution in [0.2, 0.25) is 0 Å². The van der Waals surface area contributed by atoms with E-state index in [0.717, 1.165) is 35.8 Å². The zero-order valence-electron chi connectivity index (χ0n) is 17.4. The number of hydrogen-bond acceptors (Lipinski definition) is 5. The van der Waals surface area contributed by atoms with Crippen molar-refractivity contribution in [2.75, 3.05) is 31.2 Å². The number of benzene rings is 1. The zero-order chi connectivity index (χ0) is 20.1. The first-order valence-electron chi connectivity index (χ1n) is 10.1. The second kappa shape index (κ2) is 9.24. The second-order valence-electron chi connectivity index (χ2n) is 7.99. The molecule has 1 saturated heterocycles. The number of hydrogen-bond donors (Lipinski definition) is 0. The van der Waals surface area contributed by atoms with Gasteiger partial charge in [0.15, 0.2) is 0 Å². The Kier molecular flexibility index (Phi) is 6.73. The summed E-state index contributed by atoms with van der Waals surface area (Å²) in [5.74, 6) is 1.24. The Morgan fingerprint density at radius 3 is 2.43 bits per heavy atom. The summed E-state index contributed by atoms with van der Waals surface area (Å²) in [6.45, 7) is 11.6. The average molecular weight is 386 g/mol. The highest BCUT2D eigenvalue weighted by Crippen LogP contribution is 2.33. The number of nitrogens with zero attached hydrogens (tertiary/aromatic N) is 3. The first kappa shape index (κ1) is 20.4. The summed E-state index contributed by atoms with van der Waals surface area (Å²) in [5.41, 5.74) is 2.78. The summed E-state index contributed by atoms with van der Waals surface area (Å²) in [7, 11) is 0. The molecule has 1 fully saturated rings. The van der Waals surface area contributed by atoms with Crippen molar-refractivity contribution in [2.24, 2.45) is 5.92 Å². The van der Waals surface area contributed by atoms with E-state index in [4.69, 9.17) is 9.26 Å². The van der Waals surface area contributed by atoms with Crippen LogP contribution in [0, 0.1) is 5.92 Å². The molecule has 0 bridgehead atoms. The molecule has 6 nitrogen and oxygen atoms in total. The number of morpholine rings is 1. The van der Waals surface area contributed by atoms with Gasteiger partial charge in [0, 0.05) is 31.1 Å². The van der Waals surface area contributed by atoms with Crippen LogP contribution in [0.25, 0.3) is 11.3 Å². The van der Waals surface area contributed by atoms with Crippen molar-refractivity contribution in [3.8, 4) is 11.3 Å². The van der Waals surface area contributed by atoms with Gasteiger partial charge in [0.05, 0.1) is 25.3 Å². The molecule has 0 N–H and O–H groups in total. The van der Waals surface area contributed by atoms with Crippen molar-refractivity contribution in [3.63, 3.8) is 0 Å². The van der Waals surface area contributed by atoms with Crippen LogP contribution in [0.3, 0.4) is 0 Å². The van der Waals surface area contributed by atoms with Gasteiger partial charge in [0.25, 0.3) is 0 Å². The molecule has 0 spiro atoms. The maximum Gasteiger partial charge on any atom is 0.233 e. The Hall–Kier alpha value is -2.34. The van der Waals surface area contributed by atoms with Crippen molar-refractivity contribution in [1.82, 2.24) is 10.1 Å². The largest absolute Gasteiger partial charge is 0.378 e. The highest BCUT2D eigenvalue weighted by Gasteiger charge is 2.28. The predicted octanol–water partition coefficient (Wildman–Crippen LogP) is 3.96. The van der Waals surface area contributed by atoms with Gasteiger partial charge in [-0.25, -0.2) is 0 Å². The molecule has 0 atom stereocenters. The third kappa shape index (κ3) is 4.73. The molecule has 1 aliphatic rings. The van der Waals surface area contributed by atoms with Crippen LogP contribution < -0.4 is 4.90 Å². The molecule has 0 unspecified atom stereocenters. The Bertz CT molecular complexity index is 765. The standard InChI is InChI=1S/C22H31N3O3/c1-16(2)14-20(26)25(17(3)4)15-19-21(18-8-6-5-7-9-18)23-28-22(19)24-10-12-27-13-11-24/h5-9,16-17H,10-15H2,1-4H3. The maximum atomic E-state index is 12.9. The monoisotopic (exact) mass is 385 g/mol. The number of rotatable bonds is 7. The minimum atomic E-state index is 0.0994. The Balaban J connectivity index is 1.97. The number of carbonyl (C=O) groups excluding carboxylic acids is 1. The normalized spacial score (nSPS) is 14.7. The third-order valence-corrected chi connectivity index (χ3v) is 4.97. The molecular weight excluding hydrogens is 354 g/mol. The number of anilines is 1. The van der Waals surface area contributed by atoms with E-state index >= 15 is 0 Å². The summed E-state index contributed by atoms with van der Waals surface area (Å²) in [6.07, 6.45) is 0.539. The molecule has 3 rings (SSSR count). The Morgan fingerprint density at radius 1 is 1.14 bits per heavy atom. The lowest BCUT2D eigenvalue weighted by Crippen LogP contribution is -2.39. The van der Waals surface area contributed by atoms with Crippen LogP contribution in [0.4, 0.5) is 5.88 Å². The molecule has 152 valence electrons. The van der Waals surface area contributed by atoms with E-state index in [0.29, 0.717) is 32.1 Å². The van der Waals surface area contributed by atoms with Crippen LogP contribution in [0.5, 0.6) is 0 Å². The van der Waals surface area contributed by atoms with Gasteiger partial charge in [-0.15, -0.1) is 0 Å². The van der Waals surface area contributed by atoms with E-state index in [1.807, 2.05) is 35.2 Å². The quantitative estimate of drug-likeness (QED) is 0.722. The lowest BCUT2D eigenvalue weighted by Gasteiger charge is -2.30. The lowest BCUT2D eigenvalue weighted by atomic mass is 10.0. The topological polar surface area (TPSA) is 58.8 Å². The smallest absolute Gasteiger partial charge is 0.233 e. The summed E-state index contributed by atoms with van der Waals surface area (Å²) >= 11 is 0. The molecule has 1 amide bonds. The van der Waals surface area contributed by atoms with Gasteiger partial charge in [-0.3, -0.25) is 4.79 Å². The Morgan fingerprint density at radius 2 is 1.82 bits per heavy atom. The van der Waals surface area contributed by atoms with Crippen molar-refractivity contribution >= 4 is 11.8 Å². The maximum absolute atomic E-state index is 12.9. The number of amides is 1. The van der Waals surface area contributed by atoms with E-state index < -0.39 is 0 Å². The third-order valence-electron chi connectivity index (χ3n) is 4.97. The van der Waals surface area contributed by atoms with Crippen LogP contribution in [0.15, 0.2) is 34.9 Å². The molecule has 1 aliphatic heterocycles. The minimum Gasteiger partial charge on any atom is -0.378 e. The van der Waals surface area contributed by atoms with Crippen molar-refractivity contribution in [3.05, 3.63) is 35.9 Å².